The Kier molecular flexibility index (Phi) is 4.31. The average molecular weight is 193 g/mol. The zero-order chi connectivity index (χ0) is 11.4. The summed E-state index contributed by atoms with van der Waals surface area (Å²) in [4.78, 5) is 10.1. The van der Waals surface area contributed by atoms with Crippen LogP contribution >= 0.6 is 0 Å². The van der Waals surface area contributed by atoms with Crippen molar-refractivity contribution in [1.82, 2.24) is 0 Å². The fourth-order valence-corrected chi connectivity index (χ4v) is 0.993. The Morgan fingerprint density at radius 1 is 1.62 bits per heavy atom. The highest BCUT2D eigenvalue weighted by atomic mass is 16.3. The van der Waals surface area contributed by atoms with Gasteiger partial charge < -0.3 is 25.2 Å². The lowest BCUT2D eigenvalue weighted by Gasteiger charge is -2.31. The molecule has 5 heteroatoms. The van der Waals surface area contributed by atoms with Gasteiger partial charge in [-0.25, -0.2) is 0 Å². The molecule has 0 aromatic heterocycles. The number of carbonyl (C=O) groups is 1. The summed E-state index contributed by atoms with van der Waals surface area (Å²) in [5.74, 6) is 0. The molecule has 0 saturated carbocycles. The van der Waals surface area contributed by atoms with Crippen LogP contribution in [-0.4, -0.2) is 51.1 Å². The fraction of sp³-hybridized carbons (Fsp3) is 0.875. The second-order valence-electron chi connectivity index (χ2n) is 3.07. The first kappa shape index (κ1) is 10.6. The van der Waals surface area contributed by atoms with Crippen LogP contribution in [0.5, 0.6) is 0 Å². The first-order chi connectivity index (χ1) is 6.31. The summed E-state index contributed by atoms with van der Waals surface area (Å²) < 4.78 is 6.84. The highest BCUT2D eigenvalue weighted by Crippen LogP contribution is 2.21. The minimum absolute atomic E-state index is 0.226. The molecular weight excluding hydrogens is 176 g/mol. The van der Waals surface area contributed by atoms with Crippen LogP contribution in [0.15, 0.2) is 0 Å². The van der Waals surface area contributed by atoms with E-state index >= 15 is 0 Å². The van der Waals surface area contributed by atoms with Crippen LogP contribution in [0.3, 0.4) is 0 Å². The third kappa shape index (κ3) is 3.82. The molecule has 0 aromatic rings. The number of carbonyl (C=O) groups excluding carboxylic acids is 1. The summed E-state index contributed by atoms with van der Waals surface area (Å²) in [7, 11) is 0. The molecule has 0 saturated heterocycles. The highest BCUT2D eigenvalue weighted by molar-refractivity contribution is 5.55. The van der Waals surface area contributed by atoms with Crippen molar-refractivity contribution < 1.29 is 26.6 Å². The minimum Gasteiger partial charge on any atom is -0.396 e. The number of rotatable bonds is 6. The third-order valence-electron chi connectivity index (χ3n) is 1.94. The molecule has 0 rings (SSSR count). The Hall–Kier alpha value is -0.490. The Morgan fingerprint density at radius 3 is 2.46 bits per heavy atom. The van der Waals surface area contributed by atoms with Crippen molar-refractivity contribution in [2.75, 3.05) is 6.58 Å². The molecule has 0 spiro atoms. The lowest BCUT2D eigenvalue weighted by Crippen LogP contribution is -2.44. The molecule has 0 bridgehead atoms. The van der Waals surface area contributed by atoms with Crippen LogP contribution in [-0.2, 0) is 4.79 Å². The van der Waals surface area contributed by atoms with Crippen molar-refractivity contribution in [3.8, 4) is 0 Å². The number of aldehydes is 1. The maximum absolute atomic E-state index is 10.1. The zero-order valence-corrected chi connectivity index (χ0v) is 7.42. The molecule has 4 atom stereocenters. The molecule has 13 heavy (non-hydrogen) atoms. The maximum atomic E-state index is 10.1. The van der Waals surface area contributed by atoms with Gasteiger partial charge in [-0.05, 0) is 6.92 Å². The molecule has 0 aromatic carbocycles. The van der Waals surface area contributed by atoms with Crippen LogP contribution in [0, 0.1) is 0 Å². The summed E-state index contributed by atoms with van der Waals surface area (Å²) in [5, 5.41) is 36.6. The number of hydrogen-bond donors (Lipinski definition) is 4. The van der Waals surface area contributed by atoms with Crippen molar-refractivity contribution in [2.45, 2.75) is 37.6 Å². The first-order valence-electron chi connectivity index (χ1n) is 4.53. The van der Waals surface area contributed by atoms with Gasteiger partial charge in [0.1, 0.15) is 12.4 Å². The molecule has 0 heterocycles. The molecule has 0 aliphatic carbocycles. The van der Waals surface area contributed by atoms with E-state index in [1.54, 1.807) is 0 Å². The molecule has 0 amide bonds. The van der Waals surface area contributed by atoms with Crippen LogP contribution in [0.1, 0.15) is 21.1 Å². The Labute approximate surface area is 78.0 Å². The van der Waals surface area contributed by atoms with Crippen molar-refractivity contribution in [2.24, 2.45) is 0 Å². The van der Waals surface area contributed by atoms with Gasteiger partial charge in [0, 0.05) is 19.4 Å². The molecule has 5 nitrogen and oxygen atoms in total. The quantitative estimate of drug-likeness (QED) is 0.382. The second kappa shape index (κ2) is 5.29. The van der Waals surface area contributed by atoms with Crippen molar-refractivity contribution in [3.05, 3.63) is 0 Å². The van der Waals surface area contributed by atoms with E-state index in [0.717, 1.165) is 0 Å². The SMILES string of the molecule is [2H]C(O)C[C@@](O)(C[C@@H](O)C=O)[C@@H](C)O. The van der Waals surface area contributed by atoms with E-state index in [1.807, 2.05) is 0 Å². The molecular formula is C8H16O5. The predicted octanol–water partition coefficient (Wildman–Crippen LogP) is -1.57. The minimum atomic E-state index is -1.82. The van der Waals surface area contributed by atoms with Crippen LogP contribution < -0.4 is 0 Å². The van der Waals surface area contributed by atoms with Crippen molar-refractivity contribution in [3.63, 3.8) is 0 Å². The third-order valence-corrected chi connectivity index (χ3v) is 1.94. The van der Waals surface area contributed by atoms with Gasteiger partial charge in [0.05, 0.1) is 13.1 Å². The van der Waals surface area contributed by atoms with Gasteiger partial charge in [-0.1, -0.05) is 0 Å². The predicted molar refractivity (Wildman–Crippen MR) is 45.0 cm³/mol. The Bertz CT molecular complexity index is 185. The van der Waals surface area contributed by atoms with E-state index in [0.29, 0.717) is 0 Å². The van der Waals surface area contributed by atoms with Gasteiger partial charge in [-0.2, -0.15) is 0 Å². The van der Waals surface area contributed by atoms with Crippen LogP contribution in [0.4, 0.5) is 0 Å². The summed E-state index contributed by atoms with van der Waals surface area (Å²) in [6.07, 6.45) is -3.24. The summed E-state index contributed by atoms with van der Waals surface area (Å²) >= 11 is 0. The average Bonchev–Trinajstić information content (AvgIpc) is 2.02. The summed E-state index contributed by atoms with van der Waals surface area (Å²) in [6, 6.07) is 0. The first-order valence-corrected chi connectivity index (χ1v) is 3.96. The fourth-order valence-electron chi connectivity index (χ4n) is 0.993. The van der Waals surface area contributed by atoms with Gasteiger partial charge >= 0.3 is 0 Å². The molecule has 78 valence electrons. The molecule has 1 unspecified atom stereocenters. The van der Waals surface area contributed by atoms with E-state index in [2.05, 4.69) is 0 Å². The van der Waals surface area contributed by atoms with Gasteiger partial charge in [0.2, 0.25) is 0 Å². The van der Waals surface area contributed by atoms with Gasteiger partial charge in [0.15, 0.2) is 0 Å². The van der Waals surface area contributed by atoms with E-state index in [4.69, 9.17) is 11.6 Å². The molecule has 0 aliphatic rings. The number of hydrogen-bond acceptors (Lipinski definition) is 5. The second-order valence-corrected chi connectivity index (χ2v) is 3.07. The zero-order valence-electron chi connectivity index (χ0n) is 8.42. The van der Waals surface area contributed by atoms with Gasteiger partial charge in [-0.3, -0.25) is 0 Å². The Balaban J connectivity index is 4.46. The van der Waals surface area contributed by atoms with Gasteiger partial charge in [0.25, 0.3) is 0 Å². The van der Waals surface area contributed by atoms with Crippen LogP contribution in [0.25, 0.3) is 0 Å². The van der Waals surface area contributed by atoms with Crippen LogP contribution in [0.2, 0.25) is 0 Å². The smallest absolute Gasteiger partial charge is 0.148 e. The highest BCUT2D eigenvalue weighted by Gasteiger charge is 2.34. The van der Waals surface area contributed by atoms with E-state index < -0.39 is 37.2 Å². The number of aliphatic hydroxyl groups excluding tert-OH is 3. The van der Waals surface area contributed by atoms with E-state index in [1.165, 1.54) is 6.92 Å². The molecule has 0 fully saturated rings. The summed E-state index contributed by atoms with van der Waals surface area (Å²) in [5.41, 5.74) is -1.82. The Morgan fingerprint density at radius 2 is 2.15 bits per heavy atom. The van der Waals surface area contributed by atoms with Crippen molar-refractivity contribution in [1.29, 1.82) is 0 Å². The molecule has 4 N–H and O–H groups in total. The lowest BCUT2D eigenvalue weighted by molar-refractivity contribution is -0.127. The summed E-state index contributed by atoms with van der Waals surface area (Å²) in [6.45, 7) is -0.298. The molecule has 0 aliphatic heterocycles. The standard InChI is InChI=1S/C8H16O5/c1-6(11)8(13,2-3-9)4-7(12)5-10/h5-7,9,11-13H,2-4H2,1H3/t6-,7-,8-/m1/s1/i3D/t3?,6-,7-,8-. The molecule has 0 radical (unpaired) electrons. The largest absolute Gasteiger partial charge is 0.396 e. The van der Waals surface area contributed by atoms with E-state index in [-0.39, 0.29) is 6.29 Å². The van der Waals surface area contributed by atoms with Crippen molar-refractivity contribution >= 4 is 6.29 Å². The topological polar surface area (TPSA) is 98.0 Å². The maximum Gasteiger partial charge on any atom is 0.148 e. The van der Waals surface area contributed by atoms with E-state index in [9.17, 15) is 15.0 Å². The normalized spacial score (nSPS) is 23.9. The number of aliphatic hydroxyl groups is 4. The lowest BCUT2D eigenvalue weighted by atomic mass is 9.88. The van der Waals surface area contributed by atoms with Gasteiger partial charge in [-0.15, -0.1) is 0 Å². The monoisotopic (exact) mass is 193 g/mol.